The molecule has 8 heteroatoms. The topological polar surface area (TPSA) is 76.5 Å². The van der Waals surface area contributed by atoms with Gasteiger partial charge in [-0.15, -0.1) is 0 Å². The number of nitrogens with one attached hydrogen (secondary N) is 1. The second-order valence-corrected chi connectivity index (χ2v) is 6.94. The highest BCUT2D eigenvalue weighted by atomic mass is 19.1. The summed E-state index contributed by atoms with van der Waals surface area (Å²) in [4.78, 5) is 29.1. The molecule has 1 unspecified atom stereocenters. The van der Waals surface area contributed by atoms with Crippen LogP contribution in [0.15, 0.2) is 23.0 Å². The largest absolute Gasteiger partial charge is 0.444 e. The van der Waals surface area contributed by atoms with Crippen LogP contribution in [0.5, 0.6) is 0 Å². The number of rotatable bonds is 3. The third-order valence-corrected chi connectivity index (χ3v) is 3.37. The molecule has 7 nitrogen and oxygen atoms in total. The molecule has 1 amide bonds. The molecule has 0 saturated heterocycles. The van der Waals surface area contributed by atoms with Gasteiger partial charge in [-0.25, -0.2) is 18.8 Å². The number of alkyl carbamates (subject to hydrolysis) is 1. The van der Waals surface area contributed by atoms with E-state index in [0.717, 1.165) is 0 Å². The second-order valence-electron chi connectivity index (χ2n) is 6.94. The van der Waals surface area contributed by atoms with Crippen molar-refractivity contribution in [2.24, 2.45) is 0 Å². The number of benzene rings is 1. The van der Waals surface area contributed by atoms with E-state index in [-0.39, 0.29) is 16.7 Å². The predicted octanol–water partition coefficient (Wildman–Crippen LogP) is 2.32. The summed E-state index contributed by atoms with van der Waals surface area (Å²) in [6, 6.07) is 3.63. The van der Waals surface area contributed by atoms with Gasteiger partial charge in [-0.05, 0) is 39.8 Å². The molecule has 25 heavy (non-hydrogen) atoms. The minimum Gasteiger partial charge on any atom is -0.444 e. The van der Waals surface area contributed by atoms with Crippen molar-refractivity contribution in [2.75, 3.05) is 19.1 Å². The van der Waals surface area contributed by atoms with Crippen molar-refractivity contribution in [1.82, 2.24) is 15.0 Å². The van der Waals surface area contributed by atoms with E-state index in [4.69, 9.17) is 4.74 Å². The summed E-state index contributed by atoms with van der Waals surface area (Å²) >= 11 is 0. The fraction of sp³-hybridized carbons (Fsp3) is 0.471. The van der Waals surface area contributed by atoms with E-state index >= 15 is 0 Å². The SMILES string of the molecule is CC(NC(=O)OC(C)(C)C)c1nc2cccc(F)c2c(=O)n1N(C)C. The maximum atomic E-state index is 14.1. The number of carbonyl (C=O) groups is 1. The molecule has 1 atom stereocenters. The summed E-state index contributed by atoms with van der Waals surface area (Å²) in [5.41, 5.74) is -0.956. The Bertz CT molecular complexity index is 855. The zero-order valence-electron chi connectivity index (χ0n) is 15.3. The van der Waals surface area contributed by atoms with Crippen molar-refractivity contribution in [3.8, 4) is 0 Å². The number of nitrogens with zero attached hydrogens (tertiary/aromatic N) is 3. The Kier molecular flexibility index (Phi) is 5.01. The Morgan fingerprint density at radius 2 is 2.00 bits per heavy atom. The molecule has 2 aromatic rings. The maximum absolute atomic E-state index is 14.1. The Morgan fingerprint density at radius 1 is 1.36 bits per heavy atom. The van der Waals surface area contributed by atoms with Gasteiger partial charge in [0.25, 0.3) is 5.56 Å². The third kappa shape index (κ3) is 4.07. The first-order chi connectivity index (χ1) is 11.5. The number of ether oxygens (including phenoxy) is 1. The van der Waals surface area contributed by atoms with Gasteiger partial charge in [-0.2, -0.15) is 0 Å². The highest BCUT2D eigenvalue weighted by molar-refractivity contribution is 5.78. The van der Waals surface area contributed by atoms with Crippen molar-refractivity contribution < 1.29 is 13.9 Å². The third-order valence-electron chi connectivity index (χ3n) is 3.37. The summed E-state index contributed by atoms with van der Waals surface area (Å²) in [6.07, 6.45) is -0.626. The zero-order chi connectivity index (χ0) is 18.9. The number of hydrogen-bond acceptors (Lipinski definition) is 5. The lowest BCUT2D eigenvalue weighted by atomic mass is 10.2. The molecule has 0 aliphatic rings. The van der Waals surface area contributed by atoms with Crippen LogP contribution in [0.4, 0.5) is 9.18 Å². The minimum atomic E-state index is -0.648. The molecule has 1 N–H and O–H groups in total. The van der Waals surface area contributed by atoms with E-state index < -0.39 is 29.1 Å². The fourth-order valence-corrected chi connectivity index (χ4v) is 2.41. The van der Waals surface area contributed by atoms with Gasteiger partial charge in [0.1, 0.15) is 16.8 Å². The van der Waals surface area contributed by atoms with E-state index in [0.29, 0.717) is 0 Å². The smallest absolute Gasteiger partial charge is 0.408 e. The molecule has 0 fully saturated rings. The summed E-state index contributed by atoms with van der Waals surface area (Å²) < 4.78 is 20.5. The van der Waals surface area contributed by atoms with Gasteiger partial charge in [0.05, 0.1) is 11.6 Å². The Balaban J connectivity index is 2.51. The number of carbonyl (C=O) groups excluding carboxylic acids is 1. The predicted molar refractivity (Wildman–Crippen MR) is 93.8 cm³/mol. The van der Waals surface area contributed by atoms with Crippen LogP contribution >= 0.6 is 0 Å². The minimum absolute atomic E-state index is 0.0931. The van der Waals surface area contributed by atoms with E-state index in [1.807, 2.05) is 0 Å². The first kappa shape index (κ1) is 18.7. The number of fused-ring (bicyclic) bond motifs is 1. The van der Waals surface area contributed by atoms with Gasteiger partial charge in [0.2, 0.25) is 0 Å². The molecule has 0 bridgehead atoms. The van der Waals surface area contributed by atoms with Crippen molar-refractivity contribution in [2.45, 2.75) is 39.3 Å². The molecule has 1 aromatic carbocycles. The second kappa shape index (κ2) is 6.70. The van der Waals surface area contributed by atoms with Crippen LogP contribution in [-0.2, 0) is 4.74 Å². The Labute approximate surface area is 145 Å². The van der Waals surface area contributed by atoms with E-state index in [9.17, 15) is 14.0 Å². The van der Waals surface area contributed by atoms with E-state index in [2.05, 4.69) is 10.3 Å². The number of aromatic nitrogens is 2. The monoisotopic (exact) mass is 350 g/mol. The van der Waals surface area contributed by atoms with Crippen LogP contribution < -0.4 is 15.9 Å². The molecule has 0 aliphatic carbocycles. The van der Waals surface area contributed by atoms with Gasteiger partial charge < -0.3 is 15.1 Å². The van der Waals surface area contributed by atoms with Crippen LogP contribution in [0.2, 0.25) is 0 Å². The Morgan fingerprint density at radius 3 is 2.56 bits per heavy atom. The van der Waals surface area contributed by atoms with E-state index in [1.54, 1.807) is 47.9 Å². The van der Waals surface area contributed by atoms with Crippen LogP contribution in [0, 0.1) is 5.82 Å². The van der Waals surface area contributed by atoms with Crippen molar-refractivity contribution >= 4 is 17.0 Å². The molecular weight excluding hydrogens is 327 g/mol. The van der Waals surface area contributed by atoms with Gasteiger partial charge in [-0.3, -0.25) is 4.79 Å². The van der Waals surface area contributed by atoms with Crippen LogP contribution in [0.25, 0.3) is 10.9 Å². The van der Waals surface area contributed by atoms with Crippen LogP contribution in [-0.4, -0.2) is 35.4 Å². The molecule has 136 valence electrons. The van der Waals surface area contributed by atoms with Gasteiger partial charge >= 0.3 is 6.09 Å². The van der Waals surface area contributed by atoms with Crippen molar-refractivity contribution in [3.63, 3.8) is 0 Å². The standard InChI is InChI=1S/C17H23FN4O3/c1-10(19-16(24)25-17(2,3)4)14-20-12-9-7-8-11(18)13(12)15(23)22(14)21(5)6/h7-10H,1-6H3,(H,19,24). The summed E-state index contributed by atoms with van der Waals surface area (Å²) in [5.74, 6) is -0.358. The molecule has 1 aromatic heterocycles. The number of hydrogen-bond donors (Lipinski definition) is 1. The first-order valence-electron chi connectivity index (χ1n) is 7.89. The lowest BCUT2D eigenvalue weighted by Gasteiger charge is -2.25. The Hall–Kier alpha value is -2.64. The van der Waals surface area contributed by atoms with Crippen molar-refractivity contribution in [1.29, 1.82) is 0 Å². The molecule has 1 heterocycles. The number of amides is 1. The molecule has 0 saturated carbocycles. The summed E-state index contributed by atoms with van der Waals surface area (Å²) in [7, 11) is 3.28. The highest BCUT2D eigenvalue weighted by Gasteiger charge is 2.23. The van der Waals surface area contributed by atoms with Crippen LogP contribution in [0.3, 0.4) is 0 Å². The molecule has 0 aliphatic heterocycles. The average molecular weight is 350 g/mol. The van der Waals surface area contributed by atoms with Gasteiger partial charge in [0.15, 0.2) is 5.82 Å². The van der Waals surface area contributed by atoms with E-state index in [1.165, 1.54) is 21.8 Å². The first-order valence-corrected chi connectivity index (χ1v) is 7.89. The normalized spacial score (nSPS) is 12.8. The van der Waals surface area contributed by atoms with Gasteiger partial charge in [0, 0.05) is 14.1 Å². The molecule has 2 rings (SSSR count). The van der Waals surface area contributed by atoms with Crippen LogP contribution in [0.1, 0.15) is 39.6 Å². The van der Waals surface area contributed by atoms with Crippen molar-refractivity contribution in [3.05, 3.63) is 40.2 Å². The lowest BCUT2D eigenvalue weighted by molar-refractivity contribution is 0.0504. The quantitative estimate of drug-likeness (QED) is 0.919. The average Bonchev–Trinajstić information content (AvgIpc) is 2.44. The summed E-state index contributed by atoms with van der Waals surface area (Å²) in [5, 5.41) is 4.05. The molecule has 0 spiro atoms. The fourth-order valence-electron chi connectivity index (χ4n) is 2.41. The lowest BCUT2D eigenvalue weighted by Crippen LogP contribution is -2.43. The maximum Gasteiger partial charge on any atom is 0.408 e. The molecule has 0 radical (unpaired) electrons. The zero-order valence-corrected chi connectivity index (χ0v) is 15.3. The molecular formula is C17H23FN4O3. The summed E-state index contributed by atoms with van der Waals surface area (Å²) in [6.45, 7) is 6.94. The number of halogens is 1. The van der Waals surface area contributed by atoms with Gasteiger partial charge in [-0.1, -0.05) is 6.07 Å². The highest BCUT2D eigenvalue weighted by Crippen LogP contribution is 2.17.